The fraction of sp³-hybridized carbons (Fsp3) is 0.333. The molecule has 1 saturated heterocycles. The second-order valence-corrected chi connectivity index (χ2v) is 8.14. The molecular weight excluding hydrogens is 397 g/mol. The Labute approximate surface area is 179 Å². The lowest BCUT2D eigenvalue weighted by Crippen LogP contribution is -2.44. The number of ether oxygens (including phenoxy) is 1. The number of halogens is 1. The van der Waals surface area contributed by atoms with Crippen molar-refractivity contribution in [3.63, 3.8) is 0 Å². The number of fused-ring (bicyclic) bond motifs is 4. The molecule has 0 saturated carbocycles. The maximum atomic E-state index is 14.0. The Morgan fingerprint density at radius 3 is 2.65 bits per heavy atom. The van der Waals surface area contributed by atoms with Crippen molar-refractivity contribution in [3.8, 4) is 5.75 Å². The van der Waals surface area contributed by atoms with Gasteiger partial charge in [0.1, 0.15) is 23.7 Å². The highest BCUT2D eigenvalue weighted by atomic mass is 19.1. The fourth-order valence-electron chi connectivity index (χ4n) is 4.80. The van der Waals surface area contributed by atoms with Gasteiger partial charge in [-0.3, -0.25) is 14.6 Å². The van der Waals surface area contributed by atoms with Gasteiger partial charge in [-0.2, -0.15) is 0 Å². The first-order valence-corrected chi connectivity index (χ1v) is 10.6. The molecule has 0 aliphatic carbocycles. The van der Waals surface area contributed by atoms with Crippen molar-refractivity contribution in [2.45, 2.75) is 38.3 Å². The number of benzene rings is 2. The second-order valence-electron chi connectivity index (χ2n) is 8.14. The summed E-state index contributed by atoms with van der Waals surface area (Å²) in [6, 6.07) is 10.8. The van der Waals surface area contributed by atoms with E-state index in [9.17, 15) is 14.0 Å². The molecule has 1 N–H and O–H groups in total. The zero-order chi connectivity index (χ0) is 21.7. The van der Waals surface area contributed by atoms with Gasteiger partial charge in [-0.05, 0) is 47.9 Å². The van der Waals surface area contributed by atoms with Crippen LogP contribution in [-0.4, -0.2) is 46.4 Å². The van der Waals surface area contributed by atoms with Gasteiger partial charge in [0, 0.05) is 29.6 Å². The number of hydrogen-bond donors (Lipinski definition) is 1. The number of unbranched alkanes of at least 4 members (excludes halogenated alkanes) is 1. The van der Waals surface area contributed by atoms with Crippen LogP contribution in [0.2, 0.25) is 0 Å². The largest absolute Gasteiger partial charge is 0.497 e. The molecule has 3 aromatic rings. The van der Waals surface area contributed by atoms with E-state index in [2.05, 4.69) is 4.98 Å². The normalized spacial score (nSPS) is 20.4. The fourth-order valence-corrected chi connectivity index (χ4v) is 4.80. The standard InChI is InChI=1S/C24H24FN3O3/c1-3-4-11-27-23(29)20-13-18-17-12-15(25)7-10-19(17)26-21(18)22(28(20)24(27)30)14-5-8-16(31-2)9-6-14/h5-10,12,20,22,26H,3-4,11,13H2,1-2H3. The van der Waals surface area contributed by atoms with E-state index in [1.807, 2.05) is 31.2 Å². The number of imide groups is 1. The molecule has 3 heterocycles. The zero-order valence-corrected chi connectivity index (χ0v) is 17.5. The van der Waals surface area contributed by atoms with Gasteiger partial charge in [0.25, 0.3) is 5.91 Å². The number of nitrogens with one attached hydrogen (secondary N) is 1. The third-order valence-corrected chi connectivity index (χ3v) is 6.36. The highest BCUT2D eigenvalue weighted by Crippen LogP contribution is 2.44. The molecule has 2 unspecified atom stereocenters. The van der Waals surface area contributed by atoms with E-state index in [0.717, 1.165) is 40.6 Å². The molecule has 2 atom stereocenters. The van der Waals surface area contributed by atoms with Crippen LogP contribution in [0.4, 0.5) is 9.18 Å². The number of H-pyrrole nitrogens is 1. The molecule has 0 bridgehead atoms. The molecule has 2 aromatic carbocycles. The summed E-state index contributed by atoms with van der Waals surface area (Å²) in [5.41, 5.74) is 3.40. The minimum Gasteiger partial charge on any atom is -0.497 e. The van der Waals surface area contributed by atoms with Crippen molar-refractivity contribution < 1.29 is 18.7 Å². The van der Waals surface area contributed by atoms with Crippen molar-refractivity contribution in [1.82, 2.24) is 14.8 Å². The topological polar surface area (TPSA) is 65.6 Å². The SMILES string of the molecule is CCCCN1C(=O)C2Cc3c([nH]c4ccc(F)cc34)C(c3ccc(OC)cc3)N2C1=O. The van der Waals surface area contributed by atoms with Crippen molar-refractivity contribution >= 4 is 22.8 Å². The molecular formula is C24H24FN3O3. The Hall–Kier alpha value is -3.35. The van der Waals surface area contributed by atoms with Gasteiger partial charge in [-0.15, -0.1) is 0 Å². The molecule has 3 amide bonds. The van der Waals surface area contributed by atoms with Crippen LogP contribution >= 0.6 is 0 Å². The smallest absolute Gasteiger partial charge is 0.328 e. The Kier molecular flexibility index (Phi) is 4.68. The van der Waals surface area contributed by atoms with Crippen LogP contribution in [-0.2, 0) is 11.2 Å². The third kappa shape index (κ3) is 2.99. The summed E-state index contributed by atoms with van der Waals surface area (Å²) in [6.45, 7) is 2.45. The number of aromatic nitrogens is 1. The number of aromatic amines is 1. The summed E-state index contributed by atoms with van der Waals surface area (Å²) in [6.07, 6.45) is 2.04. The molecule has 0 spiro atoms. The quantitative estimate of drug-likeness (QED) is 0.622. The molecule has 0 radical (unpaired) electrons. The molecule has 31 heavy (non-hydrogen) atoms. The van der Waals surface area contributed by atoms with Gasteiger partial charge in [-0.1, -0.05) is 25.5 Å². The molecule has 6 nitrogen and oxygen atoms in total. The zero-order valence-electron chi connectivity index (χ0n) is 17.5. The van der Waals surface area contributed by atoms with E-state index in [1.165, 1.54) is 17.0 Å². The molecule has 1 aromatic heterocycles. The Bertz CT molecular complexity index is 1170. The van der Waals surface area contributed by atoms with E-state index in [-0.39, 0.29) is 17.8 Å². The molecule has 160 valence electrons. The van der Waals surface area contributed by atoms with Crippen molar-refractivity contribution in [2.24, 2.45) is 0 Å². The van der Waals surface area contributed by atoms with E-state index in [4.69, 9.17) is 4.74 Å². The van der Waals surface area contributed by atoms with Crippen LogP contribution in [0, 0.1) is 5.82 Å². The Morgan fingerprint density at radius 2 is 1.94 bits per heavy atom. The maximum Gasteiger partial charge on any atom is 0.328 e. The summed E-state index contributed by atoms with van der Waals surface area (Å²) in [7, 11) is 1.60. The minimum atomic E-state index is -0.591. The van der Waals surface area contributed by atoms with Crippen LogP contribution in [0.3, 0.4) is 0 Å². The third-order valence-electron chi connectivity index (χ3n) is 6.36. The first kappa shape index (κ1) is 19.6. The summed E-state index contributed by atoms with van der Waals surface area (Å²) in [5.74, 6) is 0.216. The second kappa shape index (κ2) is 7.41. The van der Waals surface area contributed by atoms with E-state index in [0.29, 0.717) is 18.7 Å². The average Bonchev–Trinajstić information content (AvgIpc) is 3.26. The molecule has 7 heteroatoms. The highest BCUT2D eigenvalue weighted by Gasteiger charge is 2.52. The Balaban J connectivity index is 1.67. The van der Waals surface area contributed by atoms with Gasteiger partial charge in [-0.25, -0.2) is 9.18 Å². The molecule has 2 aliphatic heterocycles. The van der Waals surface area contributed by atoms with Crippen LogP contribution in [0.5, 0.6) is 5.75 Å². The first-order chi connectivity index (χ1) is 15.0. The maximum absolute atomic E-state index is 14.0. The lowest BCUT2D eigenvalue weighted by atomic mass is 9.89. The number of carbonyl (C=O) groups is 2. The van der Waals surface area contributed by atoms with E-state index >= 15 is 0 Å². The lowest BCUT2D eigenvalue weighted by Gasteiger charge is -2.36. The number of methoxy groups -OCH3 is 1. The number of amides is 3. The van der Waals surface area contributed by atoms with E-state index in [1.54, 1.807) is 18.1 Å². The average molecular weight is 421 g/mol. The number of hydrogen-bond acceptors (Lipinski definition) is 3. The van der Waals surface area contributed by atoms with Crippen LogP contribution in [0.1, 0.15) is 42.6 Å². The van der Waals surface area contributed by atoms with E-state index < -0.39 is 12.1 Å². The summed E-state index contributed by atoms with van der Waals surface area (Å²) >= 11 is 0. The van der Waals surface area contributed by atoms with Gasteiger partial charge < -0.3 is 9.72 Å². The number of carbonyl (C=O) groups excluding carboxylic acids is 2. The number of rotatable bonds is 5. The summed E-state index contributed by atoms with van der Waals surface area (Å²) in [5, 5.41) is 0.764. The summed E-state index contributed by atoms with van der Waals surface area (Å²) in [4.78, 5) is 33.1. The minimum absolute atomic E-state index is 0.173. The van der Waals surface area contributed by atoms with Crippen LogP contribution in [0.25, 0.3) is 10.9 Å². The van der Waals surface area contributed by atoms with Crippen molar-refractivity contribution in [3.05, 3.63) is 65.1 Å². The Morgan fingerprint density at radius 1 is 1.16 bits per heavy atom. The lowest BCUT2D eigenvalue weighted by molar-refractivity contribution is -0.128. The molecule has 1 fully saturated rings. The van der Waals surface area contributed by atoms with Crippen molar-refractivity contribution in [2.75, 3.05) is 13.7 Å². The number of urea groups is 1. The number of nitrogens with zero attached hydrogens (tertiary/aromatic N) is 2. The monoisotopic (exact) mass is 421 g/mol. The van der Waals surface area contributed by atoms with Gasteiger partial charge in [0.2, 0.25) is 0 Å². The summed E-state index contributed by atoms with van der Waals surface area (Å²) < 4.78 is 19.3. The van der Waals surface area contributed by atoms with Gasteiger partial charge in [0.15, 0.2) is 0 Å². The molecule has 5 rings (SSSR count). The highest BCUT2D eigenvalue weighted by molar-refractivity contribution is 6.05. The van der Waals surface area contributed by atoms with Crippen LogP contribution in [0.15, 0.2) is 42.5 Å². The van der Waals surface area contributed by atoms with Crippen LogP contribution < -0.4 is 4.74 Å². The first-order valence-electron chi connectivity index (χ1n) is 10.6. The predicted molar refractivity (Wildman–Crippen MR) is 114 cm³/mol. The van der Waals surface area contributed by atoms with Crippen molar-refractivity contribution in [1.29, 1.82) is 0 Å². The van der Waals surface area contributed by atoms with Gasteiger partial charge >= 0.3 is 6.03 Å². The molecule has 2 aliphatic rings. The van der Waals surface area contributed by atoms with Gasteiger partial charge in [0.05, 0.1) is 7.11 Å². The predicted octanol–water partition coefficient (Wildman–Crippen LogP) is 4.39.